The van der Waals surface area contributed by atoms with Crippen LogP contribution in [0.15, 0.2) is 42.5 Å². The van der Waals surface area contributed by atoms with Crippen LogP contribution >= 0.6 is 0 Å². The van der Waals surface area contributed by atoms with E-state index in [9.17, 15) is 14.3 Å². The van der Waals surface area contributed by atoms with Crippen molar-refractivity contribution >= 4 is 11.7 Å². The molecule has 2 aromatic carbocycles. The summed E-state index contributed by atoms with van der Waals surface area (Å²) in [5.74, 6) is 0.673. The van der Waals surface area contributed by atoms with E-state index in [1.807, 2.05) is 0 Å². The van der Waals surface area contributed by atoms with Crippen LogP contribution in [-0.4, -0.2) is 30.9 Å². The third-order valence-electron chi connectivity index (χ3n) is 3.52. The molecule has 0 unspecified atom stereocenters. The van der Waals surface area contributed by atoms with Crippen LogP contribution in [0.2, 0.25) is 0 Å². The fraction of sp³-hybridized carbons (Fsp3) is 0.235. The predicted molar refractivity (Wildman–Crippen MR) is 85.8 cm³/mol. The van der Waals surface area contributed by atoms with Gasteiger partial charge < -0.3 is 25.2 Å². The summed E-state index contributed by atoms with van der Waals surface area (Å²) in [7, 11) is 0. The molecule has 0 saturated heterocycles. The molecule has 0 bridgehead atoms. The Labute approximate surface area is 138 Å². The molecule has 0 spiro atoms. The summed E-state index contributed by atoms with van der Waals surface area (Å²) in [6.07, 6.45) is -1.13. The molecular formula is C17H17FN2O4. The van der Waals surface area contributed by atoms with Gasteiger partial charge in [0, 0.05) is 23.9 Å². The van der Waals surface area contributed by atoms with Crippen LogP contribution in [0.25, 0.3) is 0 Å². The second-order valence-corrected chi connectivity index (χ2v) is 5.23. The number of ether oxygens (including phenoxy) is 2. The number of anilines is 1. The maximum absolute atomic E-state index is 13.6. The molecule has 0 saturated carbocycles. The minimum absolute atomic E-state index is 0.114. The second-order valence-electron chi connectivity index (χ2n) is 5.23. The van der Waals surface area contributed by atoms with Crippen LogP contribution in [0.4, 0.5) is 14.9 Å². The highest BCUT2D eigenvalue weighted by Crippen LogP contribution is 2.32. The van der Waals surface area contributed by atoms with Crippen LogP contribution in [0.1, 0.15) is 11.7 Å². The first-order valence-electron chi connectivity index (χ1n) is 7.50. The number of halogens is 1. The Balaban J connectivity index is 1.55. The summed E-state index contributed by atoms with van der Waals surface area (Å²) in [5.41, 5.74) is 0.661. The highest BCUT2D eigenvalue weighted by atomic mass is 19.1. The number of urea groups is 1. The van der Waals surface area contributed by atoms with Gasteiger partial charge in [0.15, 0.2) is 11.5 Å². The van der Waals surface area contributed by atoms with Crippen LogP contribution in [0.5, 0.6) is 11.5 Å². The lowest BCUT2D eigenvalue weighted by molar-refractivity contribution is 0.170. The first kappa shape index (κ1) is 16.1. The number of carbonyl (C=O) groups is 1. The number of carbonyl (C=O) groups excluding carboxylic acids is 1. The molecule has 1 aliphatic heterocycles. The van der Waals surface area contributed by atoms with Crippen molar-refractivity contribution < 1.29 is 23.8 Å². The number of aliphatic hydroxyl groups excluding tert-OH is 1. The fourth-order valence-electron chi connectivity index (χ4n) is 2.34. The maximum Gasteiger partial charge on any atom is 0.319 e. The first-order chi connectivity index (χ1) is 11.6. The molecule has 24 heavy (non-hydrogen) atoms. The monoisotopic (exact) mass is 332 g/mol. The van der Waals surface area contributed by atoms with Crippen molar-refractivity contribution in [1.82, 2.24) is 5.32 Å². The van der Waals surface area contributed by atoms with Gasteiger partial charge in [0.1, 0.15) is 19.0 Å². The Kier molecular flexibility index (Phi) is 4.81. The number of nitrogens with one attached hydrogen (secondary N) is 2. The van der Waals surface area contributed by atoms with E-state index in [4.69, 9.17) is 9.47 Å². The highest BCUT2D eigenvalue weighted by Gasteiger charge is 2.15. The molecule has 0 aliphatic carbocycles. The SMILES string of the molecule is O=C(NC[C@H](O)c1ccccc1F)Nc1ccc2c(c1)OCCO2. The Morgan fingerprint density at radius 2 is 1.92 bits per heavy atom. The number of amides is 2. The largest absolute Gasteiger partial charge is 0.486 e. The molecule has 0 radical (unpaired) electrons. The van der Waals surface area contributed by atoms with Gasteiger partial charge in [0.2, 0.25) is 0 Å². The van der Waals surface area contributed by atoms with Gasteiger partial charge in [-0.3, -0.25) is 0 Å². The van der Waals surface area contributed by atoms with E-state index >= 15 is 0 Å². The van der Waals surface area contributed by atoms with Gasteiger partial charge >= 0.3 is 6.03 Å². The number of fused-ring (bicyclic) bond motifs is 1. The molecule has 7 heteroatoms. The maximum atomic E-state index is 13.6. The lowest BCUT2D eigenvalue weighted by Gasteiger charge is -2.19. The number of benzene rings is 2. The summed E-state index contributed by atoms with van der Waals surface area (Å²) in [5, 5.41) is 15.1. The van der Waals surface area contributed by atoms with Gasteiger partial charge in [-0.25, -0.2) is 9.18 Å². The van der Waals surface area contributed by atoms with E-state index in [2.05, 4.69) is 10.6 Å². The van der Waals surface area contributed by atoms with E-state index in [0.717, 1.165) is 0 Å². The molecule has 0 fully saturated rings. The zero-order valence-corrected chi connectivity index (χ0v) is 12.8. The predicted octanol–water partition coefficient (Wildman–Crippen LogP) is 2.45. The average Bonchev–Trinajstić information content (AvgIpc) is 2.60. The van der Waals surface area contributed by atoms with Gasteiger partial charge in [-0.2, -0.15) is 0 Å². The first-order valence-corrected chi connectivity index (χ1v) is 7.50. The zero-order chi connectivity index (χ0) is 16.9. The quantitative estimate of drug-likeness (QED) is 0.803. The summed E-state index contributed by atoms with van der Waals surface area (Å²) in [4.78, 5) is 11.9. The van der Waals surface area contributed by atoms with Crippen LogP contribution in [0.3, 0.4) is 0 Å². The zero-order valence-electron chi connectivity index (χ0n) is 12.8. The summed E-state index contributed by atoms with van der Waals surface area (Å²) < 4.78 is 24.4. The highest BCUT2D eigenvalue weighted by molar-refractivity contribution is 5.89. The van der Waals surface area contributed by atoms with Crippen molar-refractivity contribution in [3.63, 3.8) is 0 Å². The molecule has 1 atom stereocenters. The third-order valence-corrected chi connectivity index (χ3v) is 3.52. The molecular weight excluding hydrogens is 315 g/mol. The topological polar surface area (TPSA) is 79.8 Å². The van der Waals surface area contributed by atoms with Gasteiger partial charge in [0.25, 0.3) is 0 Å². The van der Waals surface area contributed by atoms with Gasteiger partial charge in [-0.05, 0) is 18.2 Å². The molecule has 126 valence electrons. The molecule has 1 heterocycles. The fourth-order valence-corrected chi connectivity index (χ4v) is 2.34. The minimum atomic E-state index is -1.13. The third kappa shape index (κ3) is 3.75. The normalized spacial score (nSPS) is 13.9. The van der Waals surface area contributed by atoms with E-state index in [1.54, 1.807) is 24.3 Å². The number of rotatable bonds is 4. The molecule has 3 N–H and O–H groups in total. The number of aliphatic hydroxyl groups is 1. The van der Waals surface area contributed by atoms with E-state index in [-0.39, 0.29) is 12.1 Å². The average molecular weight is 332 g/mol. The smallest absolute Gasteiger partial charge is 0.319 e. The second kappa shape index (κ2) is 7.18. The number of hydrogen-bond acceptors (Lipinski definition) is 4. The molecule has 2 aromatic rings. The summed E-state index contributed by atoms with van der Waals surface area (Å²) >= 11 is 0. The molecule has 3 rings (SSSR count). The van der Waals surface area contributed by atoms with E-state index < -0.39 is 18.0 Å². The summed E-state index contributed by atoms with van der Waals surface area (Å²) in [6.45, 7) is 0.836. The molecule has 1 aliphatic rings. The molecule has 0 aromatic heterocycles. The van der Waals surface area contributed by atoms with Crippen molar-refractivity contribution in [2.75, 3.05) is 25.1 Å². The van der Waals surface area contributed by atoms with Crippen molar-refractivity contribution in [1.29, 1.82) is 0 Å². The van der Waals surface area contributed by atoms with Crippen molar-refractivity contribution in [2.24, 2.45) is 0 Å². The lowest BCUT2D eigenvalue weighted by atomic mass is 10.1. The Bertz CT molecular complexity index is 738. The standard InChI is InChI=1S/C17H17FN2O4/c18-13-4-2-1-3-12(13)14(21)10-19-17(22)20-11-5-6-15-16(9-11)24-8-7-23-15/h1-6,9,14,21H,7-8,10H2,(H2,19,20,22)/t14-/m0/s1. The van der Waals surface area contributed by atoms with Crippen LogP contribution in [-0.2, 0) is 0 Å². The van der Waals surface area contributed by atoms with Gasteiger partial charge in [-0.1, -0.05) is 18.2 Å². The van der Waals surface area contributed by atoms with Crippen molar-refractivity contribution in [3.8, 4) is 11.5 Å². The van der Waals surface area contributed by atoms with Crippen molar-refractivity contribution in [3.05, 3.63) is 53.8 Å². The van der Waals surface area contributed by atoms with Crippen molar-refractivity contribution in [2.45, 2.75) is 6.10 Å². The lowest BCUT2D eigenvalue weighted by Crippen LogP contribution is -2.32. The Morgan fingerprint density at radius 3 is 2.71 bits per heavy atom. The van der Waals surface area contributed by atoms with Gasteiger partial charge in [0.05, 0.1) is 6.10 Å². The van der Waals surface area contributed by atoms with Crippen LogP contribution in [0, 0.1) is 5.82 Å². The summed E-state index contributed by atoms with van der Waals surface area (Å²) in [6, 6.07) is 10.4. The molecule has 6 nitrogen and oxygen atoms in total. The Hall–Kier alpha value is -2.80. The number of hydrogen-bond donors (Lipinski definition) is 3. The van der Waals surface area contributed by atoms with E-state index in [1.165, 1.54) is 18.2 Å². The van der Waals surface area contributed by atoms with Crippen LogP contribution < -0.4 is 20.1 Å². The molecule has 2 amide bonds. The minimum Gasteiger partial charge on any atom is -0.486 e. The Morgan fingerprint density at radius 1 is 1.17 bits per heavy atom. The van der Waals surface area contributed by atoms with E-state index in [0.29, 0.717) is 30.4 Å². The van der Waals surface area contributed by atoms with Gasteiger partial charge in [-0.15, -0.1) is 0 Å².